The van der Waals surface area contributed by atoms with Crippen LogP contribution in [-0.4, -0.2) is 174 Å². The quantitative estimate of drug-likeness (QED) is 0.0509. The fourth-order valence-electron chi connectivity index (χ4n) is 10.7. The van der Waals surface area contributed by atoms with Crippen molar-refractivity contribution in [3.8, 4) is 17.1 Å². The molecule has 1 amide bonds. The third kappa shape index (κ3) is 14.0. The first-order valence-corrected chi connectivity index (χ1v) is 33.0. The number of sulfone groups is 1. The number of benzene rings is 3. The van der Waals surface area contributed by atoms with Gasteiger partial charge in [0.25, 0.3) is 5.91 Å². The summed E-state index contributed by atoms with van der Waals surface area (Å²) in [5.74, 6) is 0.710. The van der Waals surface area contributed by atoms with Gasteiger partial charge in [-0.15, -0.1) is 11.3 Å². The molecule has 0 aliphatic carbocycles. The number of fused-ring (bicyclic) bond motifs is 2. The Hall–Kier alpha value is -7.11. The van der Waals surface area contributed by atoms with Crippen LogP contribution in [0, 0.1) is 6.92 Å². The number of ether oxygens (including phenoxy) is 4. The van der Waals surface area contributed by atoms with E-state index in [2.05, 4.69) is 41.6 Å². The summed E-state index contributed by atoms with van der Waals surface area (Å²) in [6.07, 6.45) is 2.76. The first kappa shape index (κ1) is 62.0. The van der Waals surface area contributed by atoms with Crippen molar-refractivity contribution in [1.82, 2.24) is 43.8 Å². The second-order valence-corrected chi connectivity index (χ2v) is 28.1. The maximum Gasteiger partial charge on any atom is 0.412 e. The molecule has 3 aliphatic rings. The lowest BCUT2D eigenvalue weighted by Crippen LogP contribution is -2.47. The normalized spacial score (nSPS) is 16.6. The summed E-state index contributed by atoms with van der Waals surface area (Å²) in [4.78, 5) is 67.0. The summed E-state index contributed by atoms with van der Waals surface area (Å²) in [6, 6.07) is 16.6. The molecule has 7 aromatic rings. The number of sulfonamides is 1. The van der Waals surface area contributed by atoms with Gasteiger partial charge < -0.3 is 45.1 Å². The van der Waals surface area contributed by atoms with Gasteiger partial charge in [0.2, 0.25) is 22.3 Å². The number of amides is 1. The van der Waals surface area contributed by atoms with Crippen molar-refractivity contribution >= 4 is 111 Å². The van der Waals surface area contributed by atoms with Crippen LogP contribution in [0.4, 0.5) is 33.8 Å². The molecule has 3 aromatic carbocycles. The summed E-state index contributed by atoms with van der Waals surface area (Å²) in [6.45, 7) is 16.3. The molecule has 10 rings (SSSR count). The minimum atomic E-state index is -3.63. The zero-order chi connectivity index (χ0) is 61.2. The Morgan fingerprint density at radius 1 is 0.849 bits per heavy atom. The number of carbonyl (C=O) groups excluding carboxylic acids is 3. The number of likely N-dealkylation sites (tertiary alicyclic amines) is 1. The third-order valence-corrected chi connectivity index (χ3v) is 20.1. The van der Waals surface area contributed by atoms with E-state index in [-0.39, 0.29) is 33.7 Å². The Morgan fingerprint density at radius 2 is 1.58 bits per heavy atom. The number of piperidine rings is 1. The largest absolute Gasteiger partial charge is 0.489 e. The number of morpholine rings is 1. The number of esters is 1. The molecular formula is C58H70ClN13O11S3. The number of hydrogen-bond donors (Lipinski definition) is 3. The van der Waals surface area contributed by atoms with Crippen LogP contribution >= 0.6 is 22.9 Å². The molecule has 0 spiro atoms. The number of carbonyl (C=O) groups is 3. The average molecular weight is 1260 g/mol. The lowest BCUT2D eigenvalue weighted by atomic mass is 9.86. The number of nitrogens with zero attached hydrogens (tertiary/aromatic N) is 10. The molecule has 3 saturated heterocycles. The number of piperazine rings is 1. The van der Waals surface area contributed by atoms with Crippen molar-refractivity contribution in [3.63, 3.8) is 0 Å². The van der Waals surface area contributed by atoms with Crippen LogP contribution in [0.3, 0.4) is 0 Å². The van der Waals surface area contributed by atoms with Gasteiger partial charge in [0.05, 0.1) is 87.7 Å². The van der Waals surface area contributed by atoms with Gasteiger partial charge in [-0.2, -0.15) is 19.1 Å². The maximum atomic E-state index is 13.9. The van der Waals surface area contributed by atoms with Gasteiger partial charge in [-0.3, -0.25) is 14.5 Å². The van der Waals surface area contributed by atoms with Gasteiger partial charge in [0, 0.05) is 81.7 Å². The van der Waals surface area contributed by atoms with Crippen molar-refractivity contribution < 1.29 is 50.2 Å². The number of nitrogens with two attached hydrogens (primary N) is 1. The predicted molar refractivity (Wildman–Crippen MR) is 329 cm³/mol. The minimum Gasteiger partial charge on any atom is -0.489 e. The molecule has 28 heteroatoms. The molecule has 0 bridgehead atoms. The number of rotatable bonds is 19. The van der Waals surface area contributed by atoms with Crippen LogP contribution in [0.25, 0.3) is 32.5 Å². The van der Waals surface area contributed by atoms with Crippen LogP contribution in [0.1, 0.15) is 80.6 Å². The molecule has 458 valence electrons. The molecule has 1 unspecified atom stereocenters. The van der Waals surface area contributed by atoms with E-state index in [0.29, 0.717) is 124 Å². The Morgan fingerprint density at radius 3 is 2.29 bits per heavy atom. The van der Waals surface area contributed by atoms with E-state index in [1.807, 2.05) is 39.0 Å². The van der Waals surface area contributed by atoms with E-state index in [9.17, 15) is 31.2 Å². The van der Waals surface area contributed by atoms with Crippen LogP contribution in [0.5, 0.6) is 5.75 Å². The lowest BCUT2D eigenvalue weighted by Gasteiger charge is -2.33. The van der Waals surface area contributed by atoms with E-state index < -0.39 is 61.8 Å². The highest BCUT2D eigenvalue weighted by molar-refractivity contribution is 7.92. The van der Waals surface area contributed by atoms with Gasteiger partial charge in [0.15, 0.2) is 27.3 Å². The van der Waals surface area contributed by atoms with E-state index in [1.165, 1.54) is 29.7 Å². The molecule has 4 N–H and O–H groups in total. The van der Waals surface area contributed by atoms with Crippen molar-refractivity contribution in [2.24, 2.45) is 5.73 Å². The van der Waals surface area contributed by atoms with Crippen molar-refractivity contribution in [2.45, 2.75) is 102 Å². The van der Waals surface area contributed by atoms with Gasteiger partial charge in [-0.25, -0.2) is 36.6 Å². The van der Waals surface area contributed by atoms with Crippen LogP contribution < -0.4 is 26.0 Å². The first-order chi connectivity index (χ1) is 41.0. The van der Waals surface area contributed by atoms with E-state index >= 15 is 0 Å². The molecule has 3 fully saturated rings. The molecular weight excluding hydrogens is 1190 g/mol. The van der Waals surface area contributed by atoms with Gasteiger partial charge in [-0.05, 0) is 101 Å². The molecule has 2 atom stereocenters. The van der Waals surface area contributed by atoms with Crippen molar-refractivity contribution in [2.75, 3.05) is 87.4 Å². The highest BCUT2D eigenvalue weighted by atomic mass is 35.5. The summed E-state index contributed by atoms with van der Waals surface area (Å²) >= 11 is 8.15. The second-order valence-electron chi connectivity index (χ2n) is 22.1. The molecule has 0 saturated carbocycles. The third-order valence-electron chi connectivity index (χ3n) is 15.2. The Balaban J connectivity index is 0.744. The Kier molecular flexibility index (Phi) is 18.8. The second kappa shape index (κ2) is 26.1. The summed E-state index contributed by atoms with van der Waals surface area (Å²) in [5, 5.41) is 10.9. The minimum absolute atomic E-state index is 0.0585. The molecule has 7 heterocycles. The molecule has 86 heavy (non-hydrogen) atoms. The number of aryl methyl sites for hydroxylation is 1. The molecule has 4 aromatic heterocycles. The number of anilines is 5. The van der Waals surface area contributed by atoms with E-state index in [1.54, 1.807) is 66.6 Å². The Labute approximate surface area is 508 Å². The number of nitrogens with one attached hydrogen (secondary N) is 2. The summed E-state index contributed by atoms with van der Waals surface area (Å²) < 4.78 is 77.2. The fourth-order valence-corrected chi connectivity index (χ4v) is 14.0. The predicted octanol–water partition coefficient (Wildman–Crippen LogP) is 8.09. The van der Waals surface area contributed by atoms with Crippen LogP contribution in [0.15, 0.2) is 78.0 Å². The maximum absolute atomic E-state index is 13.9. The highest BCUT2D eigenvalue weighted by Crippen LogP contribution is 2.40. The molecule has 0 radical (unpaired) electrons. The topological polar surface area (TPSA) is 289 Å². The van der Waals surface area contributed by atoms with Crippen molar-refractivity contribution in [3.05, 3.63) is 94.1 Å². The number of hydrogen-bond acceptors (Lipinski definition) is 22. The lowest BCUT2D eigenvalue weighted by molar-refractivity contribution is -0.166. The van der Waals surface area contributed by atoms with Gasteiger partial charge in [0.1, 0.15) is 10.8 Å². The fraction of sp³-hybridized carbons (Fsp3) is 0.448. The monoisotopic (exact) mass is 1260 g/mol. The molecule has 3 aliphatic heterocycles. The SMILES string of the molecule is Cc1cc(Nc2ncc(Cl)c(Nc3ccccc3S(=O)(=O)C(C)C)n2)c(OC(C)C)cc1C1CCN(C(=O)OC(C)OC(=O)C[C@H](N)C(=O)n2ncc3c(-c4nc(N5CCOCC5)c5sc(CN6CCN(S(C)(=O)=O)CC6)cc5n4)cccc32)CC1. The zero-order valence-corrected chi connectivity index (χ0v) is 52.1. The highest BCUT2D eigenvalue weighted by Gasteiger charge is 2.32. The van der Waals surface area contributed by atoms with Crippen LogP contribution in [-0.2, 0) is 45.4 Å². The number of aromatic nitrogens is 6. The van der Waals surface area contributed by atoms with Gasteiger partial charge >= 0.3 is 12.1 Å². The van der Waals surface area contributed by atoms with Crippen LogP contribution in [0.2, 0.25) is 5.02 Å². The molecule has 24 nitrogen and oxygen atoms in total. The van der Waals surface area contributed by atoms with E-state index in [4.69, 9.17) is 46.3 Å². The smallest absolute Gasteiger partial charge is 0.412 e. The summed E-state index contributed by atoms with van der Waals surface area (Å²) in [5.41, 5.74) is 11.1. The van der Waals surface area contributed by atoms with E-state index in [0.717, 1.165) is 36.7 Å². The first-order valence-electron chi connectivity index (χ1n) is 28.4. The van der Waals surface area contributed by atoms with Gasteiger partial charge in [-0.1, -0.05) is 35.9 Å². The number of halogens is 1. The Bertz CT molecular complexity index is 3900. The standard InChI is InChI=1S/C58H70ClN13O11S3/c1-34(2)81-49-29-41(36(5)27-46(49)65-57-61-32-43(59)54(67-57)63-45-12-8-9-14-50(45)86(78,79)35(3)4)38-15-17-70(18-16-38)58(75)83-37(6)82-51(73)30-44(60)56(74)72-48-13-10-11-40(42(48)31-62-72)53-64-47-28-39(33-68-19-21-71(22-20-68)85(7,76)77)84-52(47)55(66-53)69-23-25-80-26-24-69/h8-14,27-29,31-32,34-35,37-38,44H,15-26,30,33,60H2,1-7H3,(H2,61,63,65,67)/t37?,44-/m0/s1. The number of para-hydroxylation sites is 1. The average Bonchev–Trinajstić information content (AvgIpc) is 2.37. The summed E-state index contributed by atoms with van der Waals surface area (Å²) in [7, 11) is -6.89. The zero-order valence-electron chi connectivity index (χ0n) is 48.9. The number of thiophene rings is 1. The van der Waals surface area contributed by atoms with Crippen molar-refractivity contribution in [1.29, 1.82) is 0 Å².